The van der Waals surface area contributed by atoms with Crippen molar-refractivity contribution >= 4 is 35.5 Å². The van der Waals surface area contributed by atoms with Crippen molar-refractivity contribution in [2.45, 2.75) is 111 Å². The molecule has 268 valence electrons. The minimum absolute atomic E-state index is 0.0485. The summed E-state index contributed by atoms with van der Waals surface area (Å²) in [7, 11) is 1.55. The molecule has 1 heterocycles. The summed E-state index contributed by atoms with van der Waals surface area (Å²) in [6.45, 7) is 18.4. The minimum Gasteiger partial charge on any atom is -0.497 e. The number of carbonyl (C=O) groups excluding carboxylic acids is 6. The molecule has 0 spiro atoms. The molecule has 1 aromatic carbocycles. The van der Waals surface area contributed by atoms with Crippen molar-refractivity contribution in [2.75, 3.05) is 20.2 Å². The van der Waals surface area contributed by atoms with Crippen LogP contribution in [0.5, 0.6) is 5.75 Å². The zero-order valence-electron chi connectivity index (χ0n) is 30.0. The van der Waals surface area contributed by atoms with E-state index in [9.17, 15) is 28.8 Å². The number of ketones is 1. The Morgan fingerprint density at radius 3 is 2.10 bits per heavy atom. The number of amides is 5. The van der Waals surface area contributed by atoms with Crippen LogP contribution < -0.4 is 26.0 Å². The van der Waals surface area contributed by atoms with Gasteiger partial charge < -0.3 is 35.6 Å². The average Bonchev–Trinajstić information content (AvgIpc) is 3.50. The van der Waals surface area contributed by atoms with E-state index >= 15 is 0 Å². The van der Waals surface area contributed by atoms with Crippen molar-refractivity contribution in [3.8, 4) is 5.75 Å². The van der Waals surface area contributed by atoms with E-state index in [2.05, 4.69) is 41.7 Å². The number of hydrogen-bond acceptors (Lipinski definition) is 8. The molecule has 13 heteroatoms. The van der Waals surface area contributed by atoms with Crippen molar-refractivity contribution < 1.29 is 38.2 Å². The number of nitrogens with zero attached hydrogens (tertiary/aromatic N) is 1. The van der Waals surface area contributed by atoms with Gasteiger partial charge in [-0.05, 0) is 63.1 Å². The fourth-order valence-electron chi connectivity index (χ4n) is 4.62. The summed E-state index contributed by atoms with van der Waals surface area (Å²) >= 11 is 0. The molecule has 2 rings (SSSR count). The highest BCUT2D eigenvalue weighted by atomic mass is 16.6. The molecule has 1 aromatic rings. The van der Waals surface area contributed by atoms with E-state index in [-0.39, 0.29) is 19.5 Å². The number of likely N-dealkylation sites (tertiary alicyclic amines) is 1. The highest BCUT2D eigenvalue weighted by molar-refractivity contribution is 6.38. The van der Waals surface area contributed by atoms with Crippen LogP contribution in [0.2, 0.25) is 0 Å². The van der Waals surface area contributed by atoms with Gasteiger partial charge in [0.15, 0.2) is 0 Å². The smallest absolute Gasteiger partial charge is 0.408 e. The third-order valence-electron chi connectivity index (χ3n) is 6.93. The number of carbonyl (C=O) groups is 6. The Morgan fingerprint density at radius 1 is 0.979 bits per heavy atom. The maximum absolute atomic E-state index is 13.7. The van der Waals surface area contributed by atoms with Gasteiger partial charge in [-0.2, -0.15) is 0 Å². The summed E-state index contributed by atoms with van der Waals surface area (Å²) in [5.74, 6) is -2.91. The van der Waals surface area contributed by atoms with Crippen LogP contribution >= 0.6 is 0 Å². The second-order valence-corrected chi connectivity index (χ2v) is 13.6. The molecule has 1 saturated heterocycles. The molecule has 4 N–H and O–H groups in total. The van der Waals surface area contributed by atoms with Gasteiger partial charge in [0.25, 0.3) is 5.91 Å². The first-order chi connectivity index (χ1) is 22.4. The van der Waals surface area contributed by atoms with Gasteiger partial charge >= 0.3 is 6.09 Å². The number of benzene rings is 1. The first kappa shape index (κ1) is 41.6. The molecule has 1 unspecified atom stereocenters. The predicted octanol–water partition coefficient (Wildman–Crippen LogP) is 3.40. The molecule has 13 nitrogen and oxygen atoms in total. The van der Waals surface area contributed by atoms with Crippen LogP contribution in [-0.2, 0) is 35.3 Å². The molecule has 3 atom stereocenters. The highest BCUT2D eigenvalue weighted by Gasteiger charge is 2.43. The van der Waals surface area contributed by atoms with E-state index in [1.54, 1.807) is 72.9 Å². The lowest BCUT2D eigenvalue weighted by Crippen LogP contribution is -2.59. The first-order valence-corrected chi connectivity index (χ1v) is 16.3. The largest absolute Gasteiger partial charge is 0.497 e. The van der Waals surface area contributed by atoms with Crippen LogP contribution in [0.1, 0.15) is 86.6 Å². The maximum Gasteiger partial charge on any atom is 0.408 e. The van der Waals surface area contributed by atoms with Crippen molar-refractivity contribution in [3.63, 3.8) is 0 Å². The summed E-state index contributed by atoms with van der Waals surface area (Å²) in [6.07, 6.45) is 2.69. The molecule has 1 fully saturated rings. The SMILES string of the molecule is C=CCC(NC(=O)[C@@H]1CCCN1C(=O)[C@@H](NC(=O)OC(C)(C)C)C(C)(C)C)C(=O)C(=O)NCC(=O)NCc1ccc(OC)cc1.CCC. The van der Waals surface area contributed by atoms with E-state index in [1.807, 2.05) is 0 Å². The monoisotopic (exact) mass is 673 g/mol. The van der Waals surface area contributed by atoms with Gasteiger partial charge in [-0.1, -0.05) is 59.2 Å². The van der Waals surface area contributed by atoms with E-state index in [4.69, 9.17) is 9.47 Å². The molecule has 1 aliphatic rings. The van der Waals surface area contributed by atoms with Crippen molar-refractivity contribution in [3.05, 3.63) is 42.5 Å². The van der Waals surface area contributed by atoms with E-state index in [1.165, 1.54) is 17.4 Å². The van der Waals surface area contributed by atoms with Gasteiger partial charge in [-0.25, -0.2) is 4.79 Å². The first-order valence-electron chi connectivity index (χ1n) is 16.3. The van der Waals surface area contributed by atoms with Gasteiger partial charge in [-0.15, -0.1) is 6.58 Å². The zero-order valence-corrected chi connectivity index (χ0v) is 30.0. The van der Waals surface area contributed by atoms with E-state index in [0.717, 1.165) is 5.56 Å². The van der Waals surface area contributed by atoms with Crippen molar-refractivity contribution in [2.24, 2.45) is 5.41 Å². The van der Waals surface area contributed by atoms with Crippen LogP contribution in [-0.4, -0.2) is 84.3 Å². The van der Waals surface area contributed by atoms with Crippen molar-refractivity contribution in [1.29, 1.82) is 0 Å². The number of alkyl carbamates (subject to hydrolysis) is 1. The van der Waals surface area contributed by atoms with Crippen LogP contribution in [0.3, 0.4) is 0 Å². The van der Waals surface area contributed by atoms with E-state index in [0.29, 0.717) is 18.6 Å². The number of ether oxygens (including phenoxy) is 2. The summed E-state index contributed by atoms with van der Waals surface area (Å²) in [4.78, 5) is 78.8. The second kappa shape index (κ2) is 19.4. The summed E-state index contributed by atoms with van der Waals surface area (Å²) in [5, 5.41) is 10.2. The fourth-order valence-corrected chi connectivity index (χ4v) is 4.62. The average molecular weight is 674 g/mol. The number of nitrogens with one attached hydrogen (secondary N) is 4. The lowest BCUT2D eigenvalue weighted by atomic mass is 9.85. The number of hydrogen-bond donors (Lipinski definition) is 4. The standard InChI is InChI=1S/C32H47N5O8.C3H8/c1-9-11-22(25(39)28(41)34-19-24(38)33-18-20-13-15-21(44-8)16-14-20)35-27(40)23-12-10-17-37(23)29(42)26(31(2,3)4)36-30(43)45-32(5,6)7;1-3-2/h9,13-16,22-23,26H,1,10-12,17-19H2,2-8H3,(H,33,38)(H,34,41)(H,35,40)(H,36,43);3H2,1-2H3/t22?,23-,26+;/m0./s1. The number of methoxy groups -OCH3 is 1. The molecule has 1 aliphatic heterocycles. The lowest BCUT2D eigenvalue weighted by Gasteiger charge is -2.36. The number of rotatable bonds is 13. The number of Topliss-reactive ketones (excluding diaryl/α,β-unsaturated/α-hetero) is 1. The topological polar surface area (TPSA) is 172 Å². The molecular formula is C35H55N5O8. The van der Waals surface area contributed by atoms with Crippen LogP contribution in [0.15, 0.2) is 36.9 Å². The molecule has 0 radical (unpaired) electrons. The molecule has 5 amide bonds. The fraction of sp³-hybridized carbons (Fsp3) is 0.600. The predicted molar refractivity (Wildman–Crippen MR) is 183 cm³/mol. The third-order valence-corrected chi connectivity index (χ3v) is 6.93. The molecular weight excluding hydrogens is 618 g/mol. The highest BCUT2D eigenvalue weighted by Crippen LogP contribution is 2.26. The van der Waals surface area contributed by atoms with Gasteiger partial charge in [0, 0.05) is 13.1 Å². The lowest BCUT2D eigenvalue weighted by molar-refractivity contribution is -0.144. The van der Waals surface area contributed by atoms with Crippen LogP contribution in [0.4, 0.5) is 4.79 Å². The summed E-state index contributed by atoms with van der Waals surface area (Å²) in [6, 6.07) is 3.89. The molecule has 0 saturated carbocycles. The second-order valence-electron chi connectivity index (χ2n) is 13.6. The molecule has 0 bridgehead atoms. The Kier molecular flexibility index (Phi) is 16.8. The Balaban J connectivity index is 0.00000369. The van der Waals surface area contributed by atoms with Gasteiger partial charge in [0.1, 0.15) is 29.5 Å². The Morgan fingerprint density at radius 2 is 1.58 bits per heavy atom. The Labute approximate surface area is 284 Å². The van der Waals surface area contributed by atoms with Gasteiger partial charge in [0.05, 0.1) is 13.7 Å². The Hall–Kier alpha value is -4.42. The van der Waals surface area contributed by atoms with Gasteiger partial charge in [-0.3, -0.25) is 24.0 Å². The van der Waals surface area contributed by atoms with Crippen LogP contribution in [0.25, 0.3) is 0 Å². The molecule has 0 aromatic heterocycles. The summed E-state index contributed by atoms with van der Waals surface area (Å²) < 4.78 is 10.4. The maximum atomic E-state index is 13.7. The zero-order chi connectivity index (χ0) is 36.7. The molecule has 48 heavy (non-hydrogen) atoms. The van der Waals surface area contributed by atoms with Crippen LogP contribution in [0, 0.1) is 5.41 Å². The van der Waals surface area contributed by atoms with Crippen molar-refractivity contribution in [1.82, 2.24) is 26.2 Å². The molecule has 0 aliphatic carbocycles. The normalized spacial score (nSPS) is 15.4. The quantitative estimate of drug-likeness (QED) is 0.182. The van der Waals surface area contributed by atoms with E-state index < -0.39 is 71.2 Å². The van der Waals surface area contributed by atoms with Gasteiger partial charge in [0.2, 0.25) is 23.5 Å². The summed E-state index contributed by atoms with van der Waals surface area (Å²) in [5.41, 5.74) is -0.668. The Bertz CT molecular complexity index is 1270. The minimum atomic E-state index is -1.26. The third kappa shape index (κ3) is 14.1.